The van der Waals surface area contributed by atoms with E-state index in [1.54, 1.807) is 0 Å². The summed E-state index contributed by atoms with van der Waals surface area (Å²) in [5, 5.41) is 5.04. The highest BCUT2D eigenvalue weighted by molar-refractivity contribution is 6.10. The monoisotopic (exact) mass is 1100 g/mol. The Bertz CT molecular complexity index is 4860. The van der Waals surface area contributed by atoms with Gasteiger partial charge in [0.1, 0.15) is 0 Å². The van der Waals surface area contributed by atoms with Gasteiger partial charge in [0.15, 0.2) is 34.9 Å². The third kappa shape index (κ3) is 9.93. The number of hydrogen-bond donors (Lipinski definition) is 0. The van der Waals surface area contributed by atoms with Crippen molar-refractivity contribution in [2.24, 2.45) is 0 Å². The van der Waals surface area contributed by atoms with Crippen molar-refractivity contribution in [2.45, 2.75) is 0 Å². The summed E-state index contributed by atoms with van der Waals surface area (Å²) in [4.78, 5) is 29.2. The van der Waals surface area contributed by atoms with Gasteiger partial charge < -0.3 is 9.13 Å². The first-order chi connectivity index (χ1) is 42.6. The zero-order valence-electron chi connectivity index (χ0n) is 46.6. The van der Waals surface area contributed by atoms with Crippen LogP contribution in [0.2, 0.25) is 0 Å². The van der Waals surface area contributed by atoms with Crippen molar-refractivity contribution >= 4 is 43.6 Å². The summed E-state index contributed by atoms with van der Waals surface area (Å²) >= 11 is 0. The highest BCUT2D eigenvalue weighted by atomic mass is 15.0. The second-order valence-corrected chi connectivity index (χ2v) is 21.1. The molecule has 16 aromatic rings. The summed E-state index contributed by atoms with van der Waals surface area (Å²) in [5.41, 5.74) is 17.3. The molecule has 0 aliphatic carbocycles. The summed E-state index contributed by atoms with van der Waals surface area (Å²) in [6.07, 6.45) is 0. The molecule has 8 heteroatoms. The van der Waals surface area contributed by atoms with Gasteiger partial charge in [-0.15, -0.1) is 0 Å². The minimum Gasteiger partial charge on any atom is -0.309 e. The molecule has 8 nitrogen and oxygen atoms in total. The van der Waals surface area contributed by atoms with E-state index in [0.717, 1.165) is 67.0 Å². The molecular weight excluding hydrogens is 1050 g/mol. The lowest BCUT2D eigenvalue weighted by Gasteiger charge is -2.11. The maximum absolute atomic E-state index is 4.91. The van der Waals surface area contributed by atoms with Crippen molar-refractivity contribution in [3.05, 3.63) is 315 Å². The van der Waals surface area contributed by atoms with Crippen LogP contribution >= 0.6 is 0 Å². The molecule has 0 atom stereocenters. The molecule has 0 amide bonds. The molecule has 0 N–H and O–H groups in total. The zero-order valence-corrected chi connectivity index (χ0v) is 46.6. The molecule has 4 heterocycles. The van der Waals surface area contributed by atoms with Crippen molar-refractivity contribution < 1.29 is 0 Å². The van der Waals surface area contributed by atoms with E-state index >= 15 is 0 Å². The van der Waals surface area contributed by atoms with Crippen molar-refractivity contribution in [1.29, 1.82) is 0 Å². The third-order valence-corrected chi connectivity index (χ3v) is 15.7. The molecule has 0 spiro atoms. The average molecular weight is 1100 g/mol. The lowest BCUT2D eigenvalue weighted by molar-refractivity contribution is 1.07. The Labute approximate surface area is 497 Å². The maximum atomic E-state index is 4.91. The quantitative estimate of drug-likeness (QED) is 0.136. The van der Waals surface area contributed by atoms with Gasteiger partial charge in [-0.2, -0.15) is 0 Å². The molecule has 0 unspecified atom stereocenters. The number of rotatable bonds is 10. The molecule has 0 radical (unpaired) electrons. The summed E-state index contributed by atoms with van der Waals surface area (Å²) in [5.74, 6) is 3.94. The normalized spacial score (nSPS) is 11.3. The molecule has 0 saturated carbocycles. The van der Waals surface area contributed by atoms with Gasteiger partial charge in [-0.25, -0.2) is 29.9 Å². The summed E-state index contributed by atoms with van der Waals surface area (Å²) in [7, 11) is 0. The molecule has 404 valence electrons. The van der Waals surface area contributed by atoms with E-state index in [1.807, 2.05) is 121 Å². The van der Waals surface area contributed by atoms with Gasteiger partial charge in [0.05, 0.1) is 22.1 Å². The van der Waals surface area contributed by atoms with Gasteiger partial charge in [-0.3, -0.25) is 0 Å². The van der Waals surface area contributed by atoms with Gasteiger partial charge in [-0.1, -0.05) is 261 Å². The first kappa shape index (κ1) is 51.2. The fourth-order valence-electron chi connectivity index (χ4n) is 11.6. The lowest BCUT2D eigenvalue weighted by atomic mass is 10.0. The van der Waals surface area contributed by atoms with Crippen LogP contribution in [-0.4, -0.2) is 39.0 Å². The van der Waals surface area contributed by atoms with Crippen LogP contribution in [0.15, 0.2) is 315 Å². The van der Waals surface area contributed by atoms with Gasteiger partial charge in [0.25, 0.3) is 0 Å². The Hall–Kier alpha value is -11.7. The van der Waals surface area contributed by atoms with Crippen LogP contribution in [0.25, 0.3) is 146 Å². The highest BCUT2D eigenvalue weighted by Gasteiger charge is 2.17. The smallest absolute Gasteiger partial charge is 0.164 e. The Balaban J connectivity index is 0.000000145. The maximum Gasteiger partial charge on any atom is 0.164 e. The molecule has 0 aliphatic heterocycles. The van der Waals surface area contributed by atoms with Crippen molar-refractivity contribution in [3.63, 3.8) is 0 Å². The van der Waals surface area contributed by atoms with Crippen LogP contribution in [-0.2, 0) is 0 Å². The van der Waals surface area contributed by atoms with Gasteiger partial charge in [0.2, 0.25) is 0 Å². The number of nitrogens with zero attached hydrogens (tertiary/aromatic N) is 8. The first-order valence-electron chi connectivity index (χ1n) is 28.8. The predicted molar refractivity (Wildman–Crippen MR) is 352 cm³/mol. The van der Waals surface area contributed by atoms with E-state index < -0.39 is 0 Å². The predicted octanol–water partition coefficient (Wildman–Crippen LogP) is 19.3. The molecule has 12 aromatic carbocycles. The zero-order chi connectivity index (χ0) is 57.2. The first-order valence-corrected chi connectivity index (χ1v) is 28.8. The van der Waals surface area contributed by atoms with Crippen molar-refractivity contribution in [1.82, 2.24) is 39.0 Å². The van der Waals surface area contributed by atoms with Crippen LogP contribution in [0.1, 0.15) is 0 Å². The third-order valence-electron chi connectivity index (χ3n) is 15.7. The molecule has 0 bridgehead atoms. The Kier molecular flexibility index (Phi) is 13.4. The Morgan fingerprint density at radius 3 is 0.802 bits per heavy atom. The van der Waals surface area contributed by atoms with Gasteiger partial charge in [-0.05, 0) is 76.9 Å². The fraction of sp³-hybridized carbons (Fsp3) is 0. The number of benzene rings is 12. The number of hydrogen-bond acceptors (Lipinski definition) is 6. The second-order valence-electron chi connectivity index (χ2n) is 21.1. The van der Waals surface area contributed by atoms with Crippen LogP contribution in [0.5, 0.6) is 0 Å². The lowest BCUT2D eigenvalue weighted by Crippen LogP contribution is -2.00. The van der Waals surface area contributed by atoms with E-state index in [-0.39, 0.29) is 0 Å². The SMILES string of the molecule is c1ccc(-c2nc(-c3ccccc3)nc(-c3ccc(-c4cccc(-n5c6ccccc6c6ccccc65)c4)cc3)n2)cc1.c1ccc(-c2nc(-c3ccccc3)nc(-c3cccc(-c4ccc(-n5c6ccccc6c6ccccc65)cc4)c3)n2)cc1. The fourth-order valence-corrected chi connectivity index (χ4v) is 11.6. The van der Waals surface area contributed by atoms with Gasteiger partial charge >= 0.3 is 0 Å². The summed E-state index contributed by atoms with van der Waals surface area (Å²) < 4.78 is 4.69. The van der Waals surface area contributed by atoms with E-state index in [9.17, 15) is 0 Å². The van der Waals surface area contributed by atoms with Crippen LogP contribution in [0, 0.1) is 0 Å². The molecule has 0 saturated heterocycles. The summed E-state index contributed by atoms with van der Waals surface area (Å²) in [6, 6.07) is 109. The number of aromatic nitrogens is 8. The topological polar surface area (TPSA) is 87.2 Å². The largest absolute Gasteiger partial charge is 0.309 e. The highest BCUT2D eigenvalue weighted by Crippen LogP contribution is 2.36. The van der Waals surface area contributed by atoms with E-state index in [0.29, 0.717) is 34.9 Å². The minimum atomic E-state index is 0.649. The van der Waals surface area contributed by atoms with Crippen molar-refractivity contribution in [3.8, 4) is 102 Å². The molecule has 16 rings (SSSR count). The van der Waals surface area contributed by atoms with Crippen molar-refractivity contribution in [2.75, 3.05) is 0 Å². The van der Waals surface area contributed by atoms with Crippen LogP contribution in [0.3, 0.4) is 0 Å². The number of fused-ring (bicyclic) bond motifs is 6. The van der Waals surface area contributed by atoms with E-state index in [2.05, 4.69) is 203 Å². The average Bonchev–Trinajstić information content (AvgIpc) is 4.34. The number of para-hydroxylation sites is 4. The Morgan fingerprint density at radius 1 is 0.163 bits per heavy atom. The van der Waals surface area contributed by atoms with E-state index in [4.69, 9.17) is 29.9 Å². The molecule has 86 heavy (non-hydrogen) atoms. The van der Waals surface area contributed by atoms with Crippen LogP contribution < -0.4 is 0 Å². The molecule has 0 fully saturated rings. The van der Waals surface area contributed by atoms with E-state index in [1.165, 1.54) is 43.6 Å². The van der Waals surface area contributed by atoms with Crippen LogP contribution in [0.4, 0.5) is 0 Å². The second kappa shape index (κ2) is 22.5. The summed E-state index contributed by atoms with van der Waals surface area (Å²) in [6.45, 7) is 0. The molecule has 4 aromatic heterocycles. The Morgan fingerprint density at radius 2 is 0.419 bits per heavy atom. The molecule has 0 aliphatic rings. The molecular formula is C78H52N8. The van der Waals surface area contributed by atoms with Gasteiger partial charge in [0, 0.05) is 66.3 Å². The standard InChI is InChI=1S/2C39H26N4/c1-3-12-28(13-4-1)37-40-38(29-14-5-2-6-15-29)42-39(41-37)30-24-22-27(23-25-30)31-16-11-17-32(26-31)43-35-20-9-7-18-33(35)34-19-8-10-21-36(34)43;1-3-12-28(13-4-1)37-40-38(29-14-5-2-6-15-29)42-39(41-37)31-17-11-16-30(26-31)27-22-24-32(25-23-27)43-35-20-9-7-18-33(35)34-19-8-10-21-36(34)43/h2*1-26H. The minimum absolute atomic E-state index is 0.649.